The van der Waals surface area contributed by atoms with Gasteiger partial charge in [0.15, 0.2) is 17.5 Å². The van der Waals surface area contributed by atoms with Gasteiger partial charge in [0.25, 0.3) is 0 Å². The normalized spacial score (nSPS) is 10.6. The standard InChI is InChI=1S/C22H30N4O3.HI/c1-16(27)25-19-8-6-7-18(13-19)15-24-22(23-2)26(3)12-11-17-9-10-20(28-4)21(14-17)29-5;/h6-10,13-14H,11-12,15H2,1-5H3,(H,23,24)(H,25,27);1H. The topological polar surface area (TPSA) is 75.2 Å². The molecule has 0 aromatic heterocycles. The number of rotatable bonds is 8. The Kier molecular flexibility index (Phi) is 11.0. The van der Waals surface area contributed by atoms with E-state index in [9.17, 15) is 4.79 Å². The Morgan fingerprint density at radius 3 is 2.43 bits per heavy atom. The van der Waals surface area contributed by atoms with E-state index >= 15 is 0 Å². The van der Waals surface area contributed by atoms with Gasteiger partial charge in [-0.1, -0.05) is 18.2 Å². The molecule has 0 aliphatic rings. The molecule has 0 unspecified atom stereocenters. The average molecular weight is 526 g/mol. The van der Waals surface area contributed by atoms with E-state index in [4.69, 9.17) is 9.47 Å². The molecule has 0 bridgehead atoms. The van der Waals surface area contributed by atoms with Crippen molar-refractivity contribution >= 4 is 41.5 Å². The summed E-state index contributed by atoms with van der Waals surface area (Å²) in [4.78, 5) is 17.7. The fraction of sp³-hybridized carbons (Fsp3) is 0.364. The monoisotopic (exact) mass is 526 g/mol. The minimum absolute atomic E-state index is 0. The lowest BCUT2D eigenvalue weighted by molar-refractivity contribution is -0.114. The van der Waals surface area contributed by atoms with Crippen LogP contribution in [-0.2, 0) is 17.8 Å². The molecule has 0 aliphatic heterocycles. The fourth-order valence-corrected chi connectivity index (χ4v) is 2.97. The number of halogens is 1. The molecule has 0 heterocycles. The molecule has 0 atom stereocenters. The number of hydrogen-bond acceptors (Lipinski definition) is 4. The van der Waals surface area contributed by atoms with Crippen molar-refractivity contribution in [2.45, 2.75) is 19.9 Å². The molecule has 2 aromatic rings. The number of benzene rings is 2. The molecule has 2 N–H and O–H groups in total. The Bertz CT molecular complexity index is 858. The van der Waals surface area contributed by atoms with Crippen molar-refractivity contribution < 1.29 is 14.3 Å². The quantitative estimate of drug-likeness (QED) is 0.313. The highest BCUT2D eigenvalue weighted by Crippen LogP contribution is 2.27. The van der Waals surface area contributed by atoms with Crippen LogP contribution in [0.5, 0.6) is 11.5 Å². The van der Waals surface area contributed by atoms with Crippen molar-refractivity contribution in [3.8, 4) is 11.5 Å². The number of aliphatic imine (C=N–C) groups is 1. The van der Waals surface area contributed by atoms with E-state index in [2.05, 4.69) is 20.5 Å². The number of amides is 1. The third kappa shape index (κ3) is 7.74. The predicted molar refractivity (Wildman–Crippen MR) is 132 cm³/mol. The number of carbonyl (C=O) groups is 1. The molecule has 0 spiro atoms. The predicted octanol–water partition coefficient (Wildman–Crippen LogP) is 3.53. The first-order chi connectivity index (χ1) is 14.0. The third-order valence-corrected chi connectivity index (χ3v) is 4.46. The highest BCUT2D eigenvalue weighted by molar-refractivity contribution is 14.0. The molecule has 0 saturated heterocycles. The Morgan fingerprint density at radius 1 is 1.07 bits per heavy atom. The van der Waals surface area contributed by atoms with Gasteiger partial charge < -0.3 is 25.0 Å². The Morgan fingerprint density at radius 2 is 1.80 bits per heavy atom. The van der Waals surface area contributed by atoms with Crippen LogP contribution in [0.25, 0.3) is 0 Å². The summed E-state index contributed by atoms with van der Waals surface area (Å²) in [5, 5.41) is 6.16. The Labute approximate surface area is 195 Å². The SMILES string of the molecule is CN=C(NCc1cccc(NC(C)=O)c1)N(C)CCc1ccc(OC)c(OC)c1.I. The zero-order valence-corrected chi connectivity index (χ0v) is 20.5. The number of nitrogens with one attached hydrogen (secondary N) is 2. The molecular formula is C22H31IN4O3. The van der Waals surface area contributed by atoms with Crippen molar-refractivity contribution in [2.24, 2.45) is 4.99 Å². The lowest BCUT2D eigenvalue weighted by atomic mass is 10.1. The van der Waals surface area contributed by atoms with Gasteiger partial charge in [-0.2, -0.15) is 0 Å². The van der Waals surface area contributed by atoms with Crippen molar-refractivity contribution in [3.05, 3.63) is 53.6 Å². The van der Waals surface area contributed by atoms with Crippen LogP contribution in [0.3, 0.4) is 0 Å². The number of nitrogens with zero attached hydrogens (tertiary/aromatic N) is 2. The molecule has 2 aromatic carbocycles. The van der Waals surface area contributed by atoms with E-state index in [1.165, 1.54) is 6.92 Å². The number of methoxy groups -OCH3 is 2. The summed E-state index contributed by atoms with van der Waals surface area (Å²) in [6.07, 6.45) is 0.843. The molecule has 2 rings (SSSR count). The van der Waals surface area contributed by atoms with Crippen LogP contribution in [0.15, 0.2) is 47.5 Å². The van der Waals surface area contributed by atoms with Crippen molar-refractivity contribution in [1.29, 1.82) is 0 Å². The second-order valence-corrected chi connectivity index (χ2v) is 6.64. The maximum Gasteiger partial charge on any atom is 0.221 e. The molecular weight excluding hydrogens is 495 g/mol. The summed E-state index contributed by atoms with van der Waals surface area (Å²) in [5.74, 6) is 2.18. The average Bonchev–Trinajstić information content (AvgIpc) is 2.72. The first-order valence-corrected chi connectivity index (χ1v) is 9.46. The zero-order chi connectivity index (χ0) is 21.2. The maximum atomic E-state index is 11.2. The summed E-state index contributed by atoms with van der Waals surface area (Å²) in [5.41, 5.74) is 3.01. The Balaban J connectivity index is 0.00000450. The minimum atomic E-state index is -0.0826. The molecule has 0 fully saturated rings. The molecule has 8 heteroatoms. The molecule has 0 aliphatic carbocycles. The van der Waals surface area contributed by atoms with Crippen molar-refractivity contribution in [2.75, 3.05) is 40.2 Å². The maximum absolute atomic E-state index is 11.2. The smallest absolute Gasteiger partial charge is 0.221 e. The van der Waals surface area contributed by atoms with E-state index in [1.807, 2.05) is 49.5 Å². The highest BCUT2D eigenvalue weighted by Gasteiger charge is 2.09. The van der Waals surface area contributed by atoms with Gasteiger partial charge in [0.05, 0.1) is 14.2 Å². The molecule has 0 saturated carbocycles. The van der Waals surface area contributed by atoms with Gasteiger partial charge in [-0.3, -0.25) is 9.79 Å². The van der Waals surface area contributed by atoms with Crippen LogP contribution in [0.4, 0.5) is 5.69 Å². The van der Waals surface area contributed by atoms with E-state index in [0.29, 0.717) is 6.54 Å². The summed E-state index contributed by atoms with van der Waals surface area (Å²) in [6.45, 7) is 2.90. The van der Waals surface area contributed by atoms with Gasteiger partial charge in [-0.25, -0.2) is 0 Å². The van der Waals surface area contributed by atoms with Crippen LogP contribution in [0.2, 0.25) is 0 Å². The van der Waals surface area contributed by atoms with E-state index in [-0.39, 0.29) is 29.9 Å². The molecule has 0 radical (unpaired) electrons. The molecule has 7 nitrogen and oxygen atoms in total. The van der Waals surface area contributed by atoms with Crippen LogP contribution in [0.1, 0.15) is 18.1 Å². The highest BCUT2D eigenvalue weighted by atomic mass is 127. The molecule has 30 heavy (non-hydrogen) atoms. The number of likely N-dealkylation sites (N-methyl/N-ethyl adjacent to an activating group) is 1. The van der Waals surface area contributed by atoms with Crippen LogP contribution in [0, 0.1) is 0 Å². The van der Waals surface area contributed by atoms with E-state index in [0.717, 1.165) is 47.2 Å². The van der Waals surface area contributed by atoms with E-state index < -0.39 is 0 Å². The number of carbonyl (C=O) groups excluding carboxylic acids is 1. The molecule has 1 amide bonds. The van der Waals surface area contributed by atoms with Crippen LogP contribution < -0.4 is 20.1 Å². The van der Waals surface area contributed by atoms with Gasteiger partial charge in [0, 0.05) is 39.8 Å². The zero-order valence-electron chi connectivity index (χ0n) is 18.2. The first kappa shape index (κ1) is 25.5. The van der Waals surface area contributed by atoms with Gasteiger partial charge in [-0.05, 0) is 41.8 Å². The first-order valence-electron chi connectivity index (χ1n) is 9.46. The summed E-state index contributed by atoms with van der Waals surface area (Å²) in [6, 6.07) is 13.7. The van der Waals surface area contributed by atoms with E-state index in [1.54, 1.807) is 21.3 Å². The van der Waals surface area contributed by atoms with Crippen molar-refractivity contribution in [1.82, 2.24) is 10.2 Å². The van der Waals surface area contributed by atoms with Crippen LogP contribution in [-0.4, -0.2) is 51.6 Å². The third-order valence-electron chi connectivity index (χ3n) is 4.46. The summed E-state index contributed by atoms with van der Waals surface area (Å²) < 4.78 is 10.7. The second kappa shape index (κ2) is 12.9. The van der Waals surface area contributed by atoms with Crippen molar-refractivity contribution in [3.63, 3.8) is 0 Å². The van der Waals surface area contributed by atoms with Gasteiger partial charge in [0.1, 0.15) is 0 Å². The fourth-order valence-electron chi connectivity index (χ4n) is 2.97. The number of anilines is 1. The van der Waals surface area contributed by atoms with Crippen LogP contribution >= 0.6 is 24.0 Å². The lowest BCUT2D eigenvalue weighted by Crippen LogP contribution is -2.39. The lowest BCUT2D eigenvalue weighted by Gasteiger charge is -2.22. The van der Waals surface area contributed by atoms with Gasteiger partial charge in [-0.15, -0.1) is 24.0 Å². The second-order valence-electron chi connectivity index (χ2n) is 6.64. The number of hydrogen-bond donors (Lipinski definition) is 2. The Hall–Kier alpha value is -2.49. The minimum Gasteiger partial charge on any atom is -0.493 e. The largest absolute Gasteiger partial charge is 0.493 e. The number of ether oxygens (including phenoxy) is 2. The number of guanidine groups is 1. The molecule has 164 valence electrons. The van der Waals surface area contributed by atoms with Gasteiger partial charge in [0.2, 0.25) is 5.91 Å². The van der Waals surface area contributed by atoms with Gasteiger partial charge >= 0.3 is 0 Å². The summed E-state index contributed by atoms with van der Waals surface area (Å²) >= 11 is 0. The summed E-state index contributed by atoms with van der Waals surface area (Å²) in [7, 11) is 7.04.